The molecule has 0 radical (unpaired) electrons. The van der Waals surface area contributed by atoms with Crippen LogP contribution in [0.3, 0.4) is 0 Å². The Morgan fingerprint density at radius 2 is 1.85 bits per heavy atom. The van der Waals surface area contributed by atoms with Gasteiger partial charge in [0.25, 0.3) is 0 Å². The summed E-state index contributed by atoms with van der Waals surface area (Å²) in [5.74, 6) is 0.209. The molecule has 7 bridgehead atoms. The molecule has 1 spiro atoms. The number of hydrogen-bond acceptors (Lipinski definition) is 9. The number of aryl methyl sites for hydroxylation is 1. The molecule has 248 valence electrons. The van der Waals surface area contributed by atoms with Gasteiger partial charge in [0.2, 0.25) is 0 Å². The summed E-state index contributed by atoms with van der Waals surface area (Å²) in [5.41, 5.74) is 3.44. The molecule has 11 heteroatoms. The monoisotopic (exact) mass is 641 g/mol. The Labute approximate surface area is 274 Å². The molecule has 0 unspecified atom stereocenters. The van der Waals surface area contributed by atoms with E-state index in [2.05, 4.69) is 33.0 Å². The van der Waals surface area contributed by atoms with E-state index in [1.165, 1.54) is 12.8 Å². The number of aliphatic hydroxyl groups is 1. The molecule has 47 heavy (non-hydrogen) atoms. The van der Waals surface area contributed by atoms with Crippen LogP contribution >= 0.6 is 0 Å². The maximum atomic E-state index is 17.2. The first kappa shape index (κ1) is 29.7. The van der Waals surface area contributed by atoms with E-state index in [4.69, 9.17) is 24.4 Å². The second-order valence-corrected chi connectivity index (χ2v) is 15.2. The Morgan fingerprint density at radius 3 is 2.70 bits per heavy atom. The van der Waals surface area contributed by atoms with Gasteiger partial charge in [-0.1, -0.05) is 0 Å². The normalized spacial score (nSPS) is 27.5. The third-order valence-corrected chi connectivity index (χ3v) is 11.9. The highest BCUT2D eigenvalue weighted by atomic mass is 19.1. The van der Waals surface area contributed by atoms with E-state index >= 15 is 4.39 Å². The molecule has 1 aliphatic carbocycles. The van der Waals surface area contributed by atoms with Crippen molar-refractivity contribution in [3.63, 3.8) is 0 Å². The quantitative estimate of drug-likeness (QED) is 0.300. The number of hydrogen-bond donors (Lipinski definition) is 2. The molecule has 1 saturated carbocycles. The molecule has 6 aliphatic heterocycles. The van der Waals surface area contributed by atoms with Gasteiger partial charge in [-0.2, -0.15) is 15.1 Å². The van der Waals surface area contributed by atoms with Crippen molar-refractivity contribution in [3.05, 3.63) is 35.4 Å². The number of H-pyrrole nitrogens is 1. The number of benzene rings is 1. The van der Waals surface area contributed by atoms with Gasteiger partial charge in [0, 0.05) is 36.8 Å². The van der Waals surface area contributed by atoms with Crippen LogP contribution in [-0.4, -0.2) is 92.3 Å². The summed E-state index contributed by atoms with van der Waals surface area (Å²) in [6, 6.07) is 2.31. The lowest BCUT2D eigenvalue weighted by atomic mass is 9.56. The number of fused-ring (bicyclic) bond motifs is 2. The zero-order valence-electron chi connectivity index (χ0n) is 27.3. The summed E-state index contributed by atoms with van der Waals surface area (Å²) in [6.45, 7) is 7.26. The van der Waals surface area contributed by atoms with Crippen molar-refractivity contribution in [2.24, 2.45) is 5.41 Å². The summed E-state index contributed by atoms with van der Waals surface area (Å²) < 4.78 is 29.7. The van der Waals surface area contributed by atoms with E-state index in [0.717, 1.165) is 98.7 Å². The first-order valence-corrected chi connectivity index (χ1v) is 17.6. The van der Waals surface area contributed by atoms with E-state index in [-0.39, 0.29) is 28.2 Å². The minimum Gasteiger partial charge on any atom is -0.461 e. The smallest absolute Gasteiger partial charge is 0.319 e. The van der Waals surface area contributed by atoms with E-state index in [9.17, 15) is 5.11 Å². The summed E-state index contributed by atoms with van der Waals surface area (Å²) >= 11 is 0. The largest absolute Gasteiger partial charge is 0.461 e. The number of rotatable bonds is 3. The molecule has 7 aliphatic rings. The van der Waals surface area contributed by atoms with Crippen molar-refractivity contribution < 1.29 is 19.0 Å². The van der Waals surface area contributed by atoms with Crippen molar-refractivity contribution in [1.29, 1.82) is 0 Å². The second kappa shape index (κ2) is 11.1. The maximum absolute atomic E-state index is 17.2. The minimum absolute atomic E-state index is 0.0163. The van der Waals surface area contributed by atoms with Crippen LogP contribution < -0.4 is 9.64 Å². The van der Waals surface area contributed by atoms with Gasteiger partial charge in [-0.3, -0.25) is 15.0 Å². The predicted molar refractivity (Wildman–Crippen MR) is 177 cm³/mol. The Kier molecular flexibility index (Phi) is 6.99. The maximum Gasteiger partial charge on any atom is 0.319 e. The Hall–Kier alpha value is -3.41. The van der Waals surface area contributed by atoms with Crippen molar-refractivity contribution in [2.45, 2.75) is 88.7 Å². The molecule has 4 aromatic rings. The molecule has 3 aromatic heterocycles. The topological polar surface area (TPSA) is 113 Å². The number of halogens is 1. The van der Waals surface area contributed by atoms with Crippen LogP contribution in [0.5, 0.6) is 6.01 Å². The van der Waals surface area contributed by atoms with Gasteiger partial charge < -0.3 is 19.5 Å². The number of nitrogens with one attached hydrogen (secondary N) is 1. The van der Waals surface area contributed by atoms with E-state index < -0.39 is 11.4 Å². The van der Waals surface area contributed by atoms with Gasteiger partial charge in [0.15, 0.2) is 5.82 Å². The first-order valence-electron chi connectivity index (χ1n) is 17.6. The average molecular weight is 642 g/mol. The molecule has 3 saturated heterocycles. The lowest BCUT2D eigenvalue weighted by Crippen LogP contribution is -2.60. The summed E-state index contributed by atoms with van der Waals surface area (Å²) in [7, 11) is 0. The number of aromatic nitrogens is 5. The van der Waals surface area contributed by atoms with Gasteiger partial charge in [-0.25, -0.2) is 4.39 Å². The fraction of sp³-hybridized carbons (Fsp3) is 0.611. The average Bonchev–Trinajstić information content (AvgIpc) is 3.77. The van der Waals surface area contributed by atoms with Gasteiger partial charge >= 0.3 is 6.01 Å². The zero-order chi connectivity index (χ0) is 31.8. The fourth-order valence-corrected chi connectivity index (χ4v) is 9.91. The molecule has 11 rings (SSSR count). The van der Waals surface area contributed by atoms with Crippen LogP contribution in [0.4, 0.5) is 10.2 Å². The van der Waals surface area contributed by atoms with E-state index in [1.54, 1.807) is 12.4 Å². The Morgan fingerprint density at radius 1 is 1.02 bits per heavy atom. The third-order valence-electron chi connectivity index (χ3n) is 11.9. The number of nitrogens with zero attached hydrogens (tertiary/aromatic N) is 6. The lowest BCUT2D eigenvalue weighted by molar-refractivity contribution is -0.167. The SMILES string of the molecule is Cc1cc2[nH]ncc2c2c1CCCCOCC1(O)CC3(CCCN(C3)c3nc(OCC45CCCN4CCC5)nc4c(F)c-2ncc34)C1. The lowest BCUT2D eigenvalue weighted by Gasteiger charge is -2.57. The summed E-state index contributed by atoms with van der Waals surface area (Å²) in [6.07, 6.45) is 14.0. The van der Waals surface area contributed by atoms with Crippen molar-refractivity contribution >= 4 is 27.6 Å². The molecule has 0 atom stereocenters. The van der Waals surface area contributed by atoms with Crippen LogP contribution in [0, 0.1) is 18.2 Å². The fourth-order valence-electron chi connectivity index (χ4n) is 9.91. The third kappa shape index (κ3) is 4.91. The van der Waals surface area contributed by atoms with Gasteiger partial charge in [-0.15, -0.1) is 0 Å². The number of piperidine rings is 1. The summed E-state index contributed by atoms with van der Waals surface area (Å²) in [4.78, 5) is 19.5. The van der Waals surface area contributed by atoms with Crippen LogP contribution in [0.25, 0.3) is 33.1 Å². The molecule has 1 aromatic carbocycles. The Balaban J connectivity index is 1.20. The molecular weight excluding hydrogens is 597 g/mol. The highest BCUT2D eigenvalue weighted by molar-refractivity contribution is 5.99. The number of pyridine rings is 1. The molecular formula is C36H44FN7O3. The van der Waals surface area contributed by atoms with Crippen LogP contribution in [0.15, 0.2) is 18.5 Å². The van der Waals surface area contributed by atoms with Crippen molar-refractivity contribution in [2.75, 3.05) is 50.9 Å². The van der Waals surface area contributed by atoms with Crippen LogP contribution in [-0.2, 0) is 11.2 Å². The zero-order valence-corrected chi connectivity index (χ0v) is 27.3. The van der Waals surface area contributed by atoms with Gasteiger partial charge in [0.1, 0.15) is 23.6 Å². The molecule has 4 fully saturated rings. The molecule has 0 amide bonds. The second-order valence-electron chi connectivity index (χ2n) is 15.2. The summed E-state index contributed by atoms with van der Waals surface area (Å²) in [5, 5.41) is 20.2. The van der Waals surface area contributed by atoms with Crippen LogP contribution in [0.2, 0.25) is 0 Å². The number of anilines is 1. The Bertz CT molecular complexity index is 1840. The van der Waals surface area contributed by atoms with E-state index in [0.29, 0.717) is 43.9 Å². The van der Waals surface area contributed by atoms with Crippen molar-refractivity contribution in [3.8, 4) is 17.3 Å². The number of aromatic amines is 1. The van der Waals surface area contributed by atoms with E-state index in [1.807, 2.05) is 0 Å². The minimum atomic E-state index is -0.803. The van der Waals surface area contributed by atoms with Crippen LogP contribution in [0.1, 0.15) is 75.3 Å². The van der Waals surface area contributed by atoms with Gasteiger partial charge in [0.05, 0.1) is 34.8 Å². The number of ether oxygens (including phenoxy) is 2. The highest BCUT2D eigenvalue weighted by Crippen LogP contribution is 2.54. The molecule has 9 heterocycles. The standard InChI is InChI=1S/C36H44FN7O3/c1-23-15-27-25(17-39-42-27)28-24(23)7-2-3-14-46-22-36(45)18-34(19-36)8-4-11-43(20-34)32-26-16-38-31(28)29(37)30(26)40-33(41-32)47-21-35-9-5-12-44(35)13-6-10-35/h15-17,45H,2-14,18-22H2,1H3,(H,39,42). The first-order chi connectivity index (χ1) is 22.8. The predicted octanol–water partition coefficient (Wildman–Crippen LogP) is 5.49. The molecule has 2 N–H and O–H groups in total. The molecule has 10 nitrogen and oxygen atoms in total. The van der Waals surface area contributed by atoms with Crippen molar-refractivity contribution in [1.82, 2.24) is 30.0 Å². The van der Waals surface area contributed by atoms with Gasteiger partial charge in [-0.05, 0) is 113 Å². The highest BCUT2D eigenvalue weighted by Gasteiger charge is 2.55.